The second-order valence-electron chi connectivity index (χ2n) is 15.1. The molecule has 0 radical (unpaired) electrons. The Kier molecular flexibility index (Phi) is 13.2. The lowest BCUT2D eigenvalue weighted by Crippen LogP contribution is -2.38. The second-order valence-corrected chi connectivity index (χ2v) is 15.1. The lowest BCUT2D eigenvalue weighted by Gasteiger charge is -2.30. The van der Waals surface area contributed by atoms with Crippen LogP contribution in [0.3, 0.4) is 0 Å². The third-order valence-corrected chi connectivity index (χ3v) is 9.61. The molecular formula is C45H58O9. The Labute approximate surface area is 320 Å². The van der Waals surface area contributed by atoms with E-state index in [2.05, 4.69) is 47.6 Å². The summed E-state index contributed by atoms with van der Waals surface area (Å²) in [4.78, 5) is 11.6. The highest BCUT2D eigenvalue weighted by atomic mass is 16.9. The van der Waals surface area contributed by atoms with E-state index in [9.17, 15) is 4.79 Å². The van der Waals surface area contributed by atoms with Crippen LogP contribution in [0.2, 0.25) is 0 Å². The van der Waals surface area contributed by atoms with Gasteiger partial charge in [-0.15, -0.1) is 0 Å². The molecule has 0 bridgehead atoms. The Hall–Kier alpha value is -4.31. The van der Waals surface area contributed by atoms with Crippen molar-refractivity contribution in [2.24, 2.45) is 0 Å². The van der Waals surface area contributed by atoms with Gasteiger partial charge in [0.25, 0.3) is 0 Å². The lowest BCUT2D eigenvalue weighted by atomic mass is 9.98. The van der Waals surface area contributed by atoms with Crippen molar-refractivity contribution < 1.29 is 42.4 Å². The molecule has 4 aliphatic heterocycles. The number of allylic oxidation sites excluding steroid dienone is 2. The molecule has 2 unspecified atom stereocenters. The Morgan fingerprint density at radius 3 is 2.35 bits per heavy atom. The van der Waals surface area contributed by atoms with Gasteiger partial charge < -0.3 is 37.6 Å². The van der Waals surface area contributed by atoms with E-state index in [0.717, 1.165) is 47.9 Å². The van der Waals surface area contributed by atoms with Crippen LogP contribution in [0.25, 0.3) is 23.1 Å². The Morgan fingerprint density at radius 1 is 0.889 bits per heavy atom. The molecule has 3 aromatic rings. The van der Waals surface area contributed by atoms with Crippen LogP contribution in [-0.2, 0) is 19.0 Å². The molecule has 0 amide bonds. The van der Waals surface area contributed by atoms with Gasteiger partial charge >= 0.3 is 11.9 Å². The van der Waals surface area contributed by atoms with Crippen LogP contribution in [0, 0.1) is 0 Å². The fraction of sp³-hybridized carbons (Fsp3) is 0.489. The first-order valence-corrected chi connectivity index (χ1v) is 19.3. The van der Waals surface area contributed by atoms with Crippen LogP contribution in [0.4, 0.5) is 0 Å². The predicted octanol–water partition coefficient (Wildman–Crippen LogP) is 11.1. The standard InChI is InChI=1S/C26H36O5.C17H16O4.C2H6/c1-7-8-22-25(5,6)31-26(30-22)15-13-19-10-11-20(17-21(19)28-26)27-16-14-18(2)9-12-23-24(3,4)29-23;1-11(2)6-8-20-17-12-4-3-5-16(18)21-15(12)10-14-13(17)7-9-19-14;1-2/h10-11,13-15,17,22-23H,7-9,12,16H2,1-6H3;3-4,6-7,9-10H,5,8H2,1-2H3;1-2H3/b18-14+;;/t22?,23?,26-;;/m1../s1. The van der Waals surface area contributed by atoms with Gasteiger partial charge in [0.15, 0.2) is 0 Å². The first kappa shape index (κ1) is 40.9. The fourth-order valence-corrected chi connectivity index (χ4v) is 6.47. The second kappa shape index (κ2) is 17.4. The average Bonchev–Trinajstić information content (AvgIpc) is 3.42. The molecule has 2 saturated heterocycles. The number of benzene rings is 2. The summed E-state index contributed by atoms with van der Waals surface area (Å²) in [6, 6.07) is 9.46. The van der Waals surface area contributed by atoms with Crippen LogP contribution >= 0.6 is 0 Å². The zero-order valence-corrected chi connectivity index (χ0v) is 33.7. The van der Waals surface area contributed by atoms with Gasteiger partial charge in [-0.2, -0.15) is 0 Å². The van der Waals surface area contributed by atoms with Crippen LogP contribution in [0.1, 0.15) is 112 Å². The first-order chi connectivity index (χ1) is 25.8. The SMILES string of the molecule is CC.CC(C)=CCOc1c2c(cc3occc13)OC(=O)CC=C2.CCCC1O[C@]2(C=Cc3ccc(OC/C=C(\C)CCC4OC4(C)C)cc3O2)OC1(C)C. The number of rotatable bonds is 11. The molecule has 7 rings (SSSR count). The highest BCUT2D eigenvalue weighted by molar-refractivity contribution is 5.93. The Balaban J connectivity index is 0.000000212. The summed E-state index contributed by atoms with van der Waals surface area (Å²) in [7, 11) is 0. The number of carbonyl (C=O) groups excluding carboxylic acids is 1. The largest absolute Gasteiger partial charge is 0.489 e. The molecule has 2 fully saturated rings. The Bertz CT molecular complexity index is 1890. The predicted molar refractivity (Wildman–Crippen MR) is 213 cm³/mol. The molecule has 3 atom stereocenters. The molecule has 0 N–H and O–H groups in total. The van der Waals surface area contributed by atoms with Crippen LogP contribution in [0.15, 0.2) is 76.5 Å². The van der Waals surface area contributed by atoms with Gasteiger partial charge in [-0.05, 0) is 104 Å². The minimum absolute atomic E-state index is 0.0112. The zero-order valence-electron chi connectivity index (χ0n) is 33.7. The van der Waals surface area contributed by atoms with Crippen molar-refractivity contribution in [3.63, 3.8) is 0 Å². The van der Waals surface area contributed by atoms with E-state index in [1.54, 1.807) is 18.4 Å². The van der Waals surface area contributed by atoms with Crippen molar-refractivity contribution in [2.45, 2.75) is 131 Å². The molecule has 0 aliphatic carbocycles. The highest BCUT2D eigenvalue weighted by Crippen LogP contribution is 2.45. The summed E-state index contributed by atoms with van der Waals surface area (Å²) < 4.78 is 46.9. The number of furan rings is 1. The molecule has 2 aromatic carbocycles. The molecule has 292 valence electrons. The summed E-state index contributed by atoms with van der Waals surface area (Å²) in [6.45, 7) is 21.7. The molecule has 9 nitrogen and oxygen atoms in total. The van der Waals surface area contributed by atoms with E-state index in [1.165, 1.54) is 11.1 Å². The minimum atomic E-state index is -1.16. The molecule has 5 heterocycles. The summed E-state index contributed by atoms with van der Waals surface area (Å²) >= 11 is 0. The van der Waals surface area contributed by atoms with Crippen LogP contribution < -0.4 is 18.9 Å². The van der Waals surface area contributed by atoms with Crippen molar-refractivity contribution in [3.05, 3.63) is 83.2 Å². The van der Waals surface area contributed by atoms with Crippen molar-refractivity contribution in [2.75, 3.05) is 13.2 Å². The molecule has 4 aliphatic rings. The molecule has 9 heteroatoms. The van der Waals surface area contributed by atoms with Gasteiger partial charge in [-0.3, -0.25) is 4.79 Å². The number of esters is 1. The van der Waals surface area contributed by atoms with Crippen molar-refractivity contribution in [1.82, 2.24) is 0 Å². The summed E-state index contributed by atoms with van der Waals surface area (Å²) in [5.41, 5.74) is 4.56. The number of hydrogen-bond donors (Lipinski definition) is 0. The van der Waals surface area contributed by atoms with E-state index >= 15 is 0 Å². The monoisotopic (exact) mass is 742 g/mol. The third kappa shape index (κ3) is 10.1. The number of hydrogen-bond acceptors (Lipinski definition) is 9. The average molecular weight is 743 g/mol. The Morgan fingerprint density at radius 2 is 1.63 bits per heavy atom. The van der Waals surface area contributed by atoms with E-state index in [0.29, 0.717) is 42.1 Å². The van der Waals surface area contributed by atoms with Gasteiger partial charge in [-0.1, -0.05) is 50.5 Å². The van der Waals surface area contributed by atoms with Gasteiger partial charge in [0, 0.05) is 23.8 Å². The fourth-order valence-electron chi connectivity index (χ4n) is 6.47. The van der Waals surface area contributed by atoms with E-state index in [-0.39, 0.29) is 24.1 Å². The first-order valence-electron chi connectivity index (χ1n) is 19.3. The number of ether oxygens (including phenoxy) is 7. The summed E-state index contributed by atoms with van der Waals surface area (Å²) in [5, 5.41) is 0.874. The smallest absolute Gasteiger partial charge is 0.350 e. The van der Waals surface area contributed by atoms with Crippen molar-refractivity contribution in [1.29, 1.82) is 0 Å². The normalized spacial score (nSPS) is 22.7. The maximum Gasteiger partial charge on any atom is 0.350 e. The molecule has 1 aromatic heterocycles. The van der Waals surface area contributed by atoms with Crippen molar-refractivity contribution in [3.8, 4) is 23.0 Å². The summed E-state index contributed by atoms with van der Waals surface area (Å²) in [5.74, 6) is 1.18. The number of epoxide rings is 1. The van der Waals surface area contributed by atoms with Gasteiger partial charge in [-0.25, -0.2) is 0 Å². The molecule has 1 spiro atoms. The van der Waals surface area contributed by atoms with E-state index < -0.39 is 11.6 Å². The van der Waals surface area contributed by atoms with E-state index in [1.807, 2.05) is 76.3 Å². The van der Waals surface area contributed by atoms with E-state index in [4.69, 9.17) is 37.6 Å². The zero-order chi connectivity index (χ0) is 39.1. The minimum Gasteiger partial charge on any atom is -0.489 e. The van der Waals surface area contributed by atoms with Crippen molar-refractivity contribution >= 4 is 29.1 Å². The number of carbonyl (C=O) groups is 1. The summed E-state index contributed by atoms with van der Waals surface area (Å²) in [6.07, 6.45) is 17.9. The lowest BCUT2D eigenvalue weighted by molar-refractivity contribution is -0.270. The third-order valence-electron chi connectivity index (χ3n) is 9.61. The quantitative estimate of drug-likeness (QED) is 0.0823. The highest BCUT2D eigenvalue weighted by Gasteiger charge is 2.53. The number of fused-ring (bicyclic) bond motifs is 3. The van der Waals surface area contributed by atoms with Crippen LogP contribution in [-0.4, -0.2) is 48.6 Å². The van der Waals surface area contributed by atoms with Gasteiger partial charge in [0.1, 0.15) is 41.8 Å². The molecular weight excluding hydrogens is 684 g/mol. The van der Waals surface area contributed by atoms with Gasteiger partial charge in [0.05, 0.1) is 47.0 Å². The molecule has 54 heavy (non-hydrogen) atoms. The topological polar surface area (TPSA) is 98.1 Å². The van der Waals surface area contributed by atoms with Crippen LogP contribution in [0.5, 0.6) is 23.0 Å². The maximum atomic E-state index is 11.6. The molecule has 0 saturated carbocycles. The maximum absolute atomic E-state index is 11.6. The van der Waals surface area contributed by atoms with Gasteiger partial charge in [0.2, 0.25) is 0 Å².